The van der Waals surface area contributed by atoms with Crippen LogP contribution < -0.4 is 10.6 Å². The van der Waals surface area contributed by atoms with E-state index in [1.807, 2.05) is 20.8 Å². The topological polar surface area (TPSA) is 102 Å². The fraction of sp³-hybridized carbons (Fsp3) is 0.733. The minimum Gasteiger partial charge on any atom is -0.356 e. The quantitative estimate of drug-likeness (QED) is 0.683. The third-order valence-corrected chi connectivity index (χ3v) is 3.52. The summed E-state index contributed by atoms with van der Waals surface area (Å²) in [5.74, 6) is -0.726. The van der Waals surface area contributed by atoms with Gasteiger partial charge >= 0.3 is 0 Å². The van der Waals surface area contributed by atoms with Crippen molar-refractivity contribution in [1.29, 1.82) is 5.26 Å². The number of nitriles is 1. The van der Waals surface area contributed by atoms with E-state index in [0.717, 1.165) is 0 Å². The molecule has 1 fully saturated rings. The predicted octanol–water partition coefficient (Wildman–Crippen LogP) is 0.170. The number of amides is 3. The number of carbonyl (C=O) groups excluding carboxylic acids is 3. The van der Waals surface area contributed by atoms with Gasteiger partial charge in [-0.05, 0) is 27.2 Å². The molecule has 1 atom stereocenters. The van der Waals surface area contributed by atoms with Crippen LogP contribution in [0.3, 0.4) is 0 Å². The van der Waals surface area contributed by atoms with E-state index in [0.29, 0.717) is 26.1 Å². The fourth-order valence-corrected chi connectivity index (χ4v) is 2.34. The molecule has 22 heavy (non-hydrogen) atoms. The van der Waals surface area contributed by atoms with E-state index < -0.39 is 0 Å². The first kappa shape index (κ1) is 18.0. The summed E-state index contributed by atoms with van der Waals surface area (Å²) in [6.07, 6.45) is 0.688. The predicted molar refractivity (Wildman–Crippen MR) is 80.4 cm³/mol. The lowest BCUT2D eigenvalue weighted by atomic mass is 10.1. The highest BCUT2D eigenvalue weighted by atomic mass is 16.2. The molecule has 7 heteroatoms. The van der Waals surface area contributed by atoms with Crippen molar-refractivity contribution in [2.24, 2.45) is 5.92 Å². The van der Waals surface area contributed by atoms with E-state index in [1.165, 1.54) is 0 Å². The van der Waals surface area contributed by atoms with E-state index in [4.69, 9.17) is 5.26 Å². The molecule has 1 heterocycles. The van der Waals surface area contributed by atoms with Gasteiger partial charge in [-0.25, -0.2) is 0 Å². The van der Waals surface area contributed by atoms with Gasteiger partial charge in [0.15, 0.2) is 0 Å². The molecule has 1 aliphatic heterocycles. The summed E-state index contributed by atoms with van der Waals surface area (Å²) in [6, 6.07) is 1.77. The lowest BCUT2D eigenvalue weighted by Gasteiger charge is -2.31. The Labute approximate surface area is 131 Å². The maximum atomic E-state index is 12.0. The smallest absolute Gasteiger partial charge is 0.234 e. The fourth-order valence-electron chi connectivity index (χ4n) is 2.34. The standard InChI is InChI=1S/C15H24N4O3/c1-15(2,3)19-10-11(9-13(19)21)14(22)18-8-4-7-17-12(20)5-6-16/h11H,4-5,7-10H2,1-3H3,(H,17,20)(H,18,22). The lowest BCUT2D eigenvalue weighted by molar-refractivity contribution is -0.132. The number of hydrogen-bond donors (Lipinski definition) is 2. The van der Waals surface area contributed by atoms with Crippen LogP contribution in [-0.4, -0.2) is 47.8 Å². The molecule has 2 N–H and O–H groups in total. The second-order valence-corrected chi connectivity index (χ2v) is 6.41. The van der Waals surface area contributed by atoms with Crippen molar-refractivity contribution >= 4 is 17.7 Å². The van der Waals surface area contributed by atoms with Crippen molar-refractivity contribution in [3.8, 4) is 6.07 Å². The van der Waals surface area contributed by atoms with Gasteiger partial charge in [-0.2, -0.15) is 5.26 Å². The summed E-state index contributed by atoms with van der Waals surface area (Å²) in [4.78, 5) is 36.8. The first-order chi connectivity index (χ1) is 10.3. The highest BCUT2D eigenvalue weighted by molar-refractivity contribution is 5.89. The van der Waals surface area contributed by atoms with Crippen LogP contribution in [0.5, 0.6) is 0 Å². The van der Waals surface area contributed by atoms with Crippen molar-refractivity contribution in [1.82, 2.24) is 15.5 Å². The summed E-state index contributed by atoms with van der Waals surface area (Å²) in [5, 5.41) is 13.7. The SMILES string of the molecule is CC(C)(C)N1CC(C(=O)NCCCNC(=O)CC#N)CC1=O. The lowest BCUT2D eigenvalue weighted by Crippen LogP contribution is -2.43. The van der Waals surface area contributed by atoms with Gasteiger partial charge in [-0.3, -0.25) is 14.4 Å². The molecule has 0 bridgehead atoms. The molecule has 0 aliphatic carbocycles. The molecule has 0 spiro atoms. The minimum atomic E-state index is -0.309. The zero-order valence-electron chi connectivity index (χ0n) is 13.4. The molecule has 0 radical (unpaired) electrons. The van der Waals surface area contributed by atoms with Gasteiger partial charge in [0.1, 0.15) is 6.42 Å². The Bertz CT molecular complexity index is 476. The molecular formula is C15H24N4O3. The number of rotatable bonds is 6. The monoisotopic (exact) mass is 308 g/mol. The molecule has 1 rings (SSSR count). The van der Waals surface area contributed by atoms with E-state index in [2.05, 4.69) is 10.6 Å². The number of carbonyl (C=O) groups is 3. The maximum Gasteiger partial charge on any atom is 0.234 e. The van der Waals surface area contributed by atoms with Gasteiger partial charge in [0, 0.05) is 31.6 Å². The Morgan fingerprint density at radius 3 is 2.50 bits per heavy atom. The molecule has 3 amide bonds. The highest BCUT2D eigenvalue weighted by Gasteiger charge is 2.39. The molecule has 1 unspecified atom stereocenters. The van der Waals surface area contributed by atoms with Crippen LogP contribution >= 0.6 is 0 Å². The van der Waals surface area contributed by atoms with Crippen molar-refractivity contribution in [3.05, 3.63) is 0 Å². The van der Waals surface area contributed by atoms with Gasteiger partial charge in [-0.1, -0.05) is 0 Å². The second-order valence-electron chi connectivity index (χ2n) is 6.41. The molecular weight excluding hydrogens is 284 g/mol. The van der Waals surface area contributed by atoms with Crippen LogP contribution in [0, 0.1) is 17.2 Å². The molecule has 0 aromatic rings. The molecule has 7 nitrogen and oxygen atoms in total. The molecule has 0 saturated carbocycles. The normalized spacial score (nSPS) is 18.0. The zero-order valence-corrected chi connectivity index (χ0v) is 13.4. The van der Waals surface area contributed by atoms with E-state index in [1.54, 1.807) is 11.0 Å². The Morgan fingerprint density at radius 2 is 1.95 bits per heavy atom. The third kappa shape index (κ3) is 5.35. The molecule has 0 aromatic carbocycles. The zero-order chi connectivity index (χ0) is 16.8. The van der Waals surface area contributed by atoms with Crippen molar-refractivity contribution in [3.63, 3.8) is 0 Å². The second kappa shape index (κ2) is 7.78. The van der Waals surface area contributed by atoms with Crippen LogP contribution in [0.2, 0.25) is 0 Å². The van der Waals surface area contributed by atoms with Crippen molar-refractivity contribution in [2.75, 3.05) is 19.6 Å². The van der Waals surface area contributed by atoms with Gasteiger partial charge in [0.2, 0.25) is 17.7 Å². The number of hydrogen-bond acceptors (Lipinski definition) is 4. The van der Waals surface area contributed by atoms with E-state index in [-0.39, 0.29) is 42.0 Å². The Morgan fingerprint density at radius 1 is 1.32 bits per heavy atom. The Balaban J connectivity index is 2.26. The molecule has 1 saturated heterocycles. The van der Waals surface area contributed by atoms with E-state index in [9.17, 15) is 14.4 Å². The maximum absolute atomic E-state index is 12.0. The molecule has 0 aromatic heterocycles. The Kier molecular flexibility index (Phi) is 6.35. The molecule has 1 aliphatic rings. The summed E-state index contributed by atoms with van der Waals surface area (Å²) in [7, 11) is 0. The largest absolute Gasteiger partial charge is 0.356 e. The average molecular weight is 308 g/mol. The first-order valence-electron chi connectivity index (χ1n) is 7.47. The van der Waals surface area contributed by atoms with E-state index >= 15 is 0 Å². The van der Waals surface area contributed by atoms with Crippen LogP contribution in [0.4, 0.5) is 0 Å². The van der Waals surface area contributed by atoms with Crippen LogP contribution in [0.25, 0.3) is 0 Å². The number of likely N-dealkylation sites (tertiary alicyclic amines) is 1. The van der Waals surface area contributed by atoms with Gasteiger partial charge in [-0.15, -0.1) is 0 Å². The number of nitrogens with zero attached hydrogens (tertiary/aromatic N) is 2. The van der Waals surface area contributed by atoms with Crippen LogP contribution in [0.15, 0.2) is 0 Å². The van der Waals surface area contributed by atoms with Gasteiger partial charge < -0.3 is 15.5 Å². The average Bonchev–Trinajstić information content (AvgIpc) is 2.80. The third-order valence-electron chi connectivity index (χ3n) is 3.52. The Hall–Kier alpha value is -2.10. The van der Waals surface area contributed by atoms with Crippen LogP contribution in [-0.2, 0) is 14.4 Å². The summed E-state index contributed by atoms with van der Waals surface area (Å²) in [6.45, 7) is 7.16. The molecule has 122 valence electrons. The summed E-state index contributed by atoms with van der Waals surface area (Å²) in [5.41, 5.74) is -0.267. The minimum absolute atomic E-state index is 0.0106. The van der Waals surface area contributed by atoms with Gasteiger partial charge in [0.05, 0.1) is 12.0 Å². The first-order valence-corrected chi connectivity index (χ1v) is 7.47. The summed E-state index contributed by atoms with van der Waals surface area (Å²) >= 11 is 0. The van der Waals surface area contributed by atoms with Crippen molar-refractivity contribution in [2.45, 2.75) is 45.6 Å². The summed E-state index contributed by atoms with van der Waals surface area (Å²) < 4.78 is 0. The van der Waals surface area contributed by atoms with Gasteiger partial charge in [0.25, 0.3) is 0 Å². The van der Waals surface area contributed by atoms with Crippen LogP contribution in [0.1, 0.15) is 40.0 Å². The highest BCUT2D eigenvalue weighted by Crippen LogP contribution is 2.25. The number of nitrogens with one attached hydrogen (secondary N) is 2. The van der Waals surface area contributed by atoms with Crippen molar-refractivity contribution < 1.29 is 14.4 Å².